The van der Waals surface area contributed by atoms with Gasteiger partial charge in [0.2, 0.25) is 0 Å². The van der Waals surface area contributed by atoms with Gasteiger partial charge in [-0.2, -0.15) is 0 Å². The Labute approximate surface area is 242 Å². The van der Waals surface area contributed by atoms with Crippen molar-refractivity contribution in [2.75, 3.05) is 0 Å². The lowest BCUT2D eigenvalue weighted by molar-refractivity contribution is -0.157. The molecule has 0 spiro atoms. The minimum absolute atomic E-state index is 0.0329. The summed E-state index contributed by atoms with van der Waals surface area (Å²) in [4.78, 5) is 48.0. The highest BCUT2D eigenvalue weighted by Gasteiger charge is 2.26. The molecule has 2 atom stereocenters. The van der Waals surface area contributed by atoms with Crippen LogP contribution in [-0.4, -0.2) is 75.3 Å². The summed E-state index contributed by atoms with van der Waals surface area (Å²) in [5.41, 5.74) is 0.610. The molecule has 42 heavy (non-hydrogen) atoms. The van der Waals surface area contributed by atoms with E-state index in [-0.39, 0.29) is 25.7 Å². The summed E-state index contributed by atoms with van der Waals surface area (Å²) >= 11 is 0. The summed E-state index contributed by atoms with van der Waals surface area (Å²) in [6.07, 6.45) is 2.67. The third kappa shape index (κ3) is 9.21. The van der Waals surface area contributed by atoms with Gasteiger partial charge >= 0.3 is 23.9 Å². The van der Waals surface area contributed by atoms with E-state index in [4.69, 9.17) is 9.47 Å². The number of carbonyl (C=O) groups excluding carboxylic acids is 2. The SMILES string of the molecule is CC(C)(C)OC(=O)CCC(C(=O)O)n1cc(-c2cccc(-c3cn(C(CCC(=O)OC(C)(C)C)C(=O)O)nn3)c2)nn1. The number of esters is 2. The summed E-state index contributed by atoms with van der Waals surface area (Å²) in [6, 6.07) is 4.71. The number of hydrogen-bond donors (Lipinski definition) is 2. The second kappa shape index (κ2) is 12.9. The molecule has 0 aliphatic rings. The molecule has 2 heterocycles. The Morgan fingerprint density at radius 2 is 1.12 bits per heavy atom. The molecule has 0 saturated heterocycles. The Morgan fingerprint density at radius 3 is 1.45 bits per heavy atom. The molecule has 1 aromatic carbocycles. The van der Waals surface area contributed by atoms with Gasteiger partial charge in [-0.05, 0) is 60.5 Å². The minimum atomic E-state index is -1.17. The standard InChI is InChI=1S/C28H36N6O8/c1-27(2,3)41-23(35)12-10-21(25(37)38)33-15-19(29-31-33)17-8-7-9-18(14-17)20-16-34(32-30-20)22(26(39)40)11-13-24(36)42-28(4,5)6/h7-9,14-16,21-22H,10-13H2,1-6H3,(H,37,38)(H,39,40). The molecule has 14 nitrogen and oxygen atoms in total. The van der Waals surface area contributed by atoms with E-state index in [0.29, 0.717) is 22.5 Å². The van der Waals surface area contributed by atoms with Crippen molar-refractivity contribution < 1.29 is 38.9 Å². The summed E-state index contributed by atoms with van der Waals surface area (Å²) in [5.74, 6) is -3.35. The number of aliphatic carboxylic acids is 2. The normalized spacial score (nSPS) is 13.3. The fraction of sp³-hybridized carbons (Fsp3) is 0.500. The van der Waals surface area contributed by atoms with Crippen LogP contribution in [0.15, 0.2) is 36.7 Å². The summed E-state index contributed by atoms with van der Waals surface area (Å²) in [6.45, 7) is 10.4. The van der Waals surface area contributed by atoms with Crippen LogP contribution in [0.3, 0.4) is 0 Å². The van der Waals surface area contributed by atoms with Crippen LogP contribution in [0.25, 0.3) is 22.5 Å². The third-order valence-electron chi connectivity index (χ3n) is 5.77. The number of carboxylic acid groups (broad SMARTS) is 2. The lowest BCUT2D eigenvalue weighted by Crippen LogP contribution is -2.26. The van der Waals surface area contributed by atoms with Crippen LogP contribution in [0.4, 0.5) is 0 Å². The molecule has 2 unspecified atom stereocenters. The van der Waals surface area contributed by atoms with E-state index in [1.807, 2.05) is 0 Å². The number of ether oxygens (including phenoxy) is 2. The number of carbonyl (C=O) groups is 4. The number of hydrogen-bond acceptors (Lipinski definition) is 10. The third-order valence-corrected chi connectivity index (χ3v) is 5.77. The van der Waals surface area contributed by atoms with Crippen molar-refractivity contribution in [2.24, 2.45) is 0 Å². The summed E-state index contributed by atoms with van der Waals surface area (Å²) < 4.78 is 12.9. The number of carboxylic acids is 2. The molecular weight excluding hydrogens is 548 g/mol. The number of rotatable bonds is 12. The Kier molecular flexibility index (Phi) is 9.81. The fourth-order valence-corrected chi connectivity index (χ4v) is 3.99. The largest absolute Gasteiger partial charge is 0.480 e. The van der Waals surface area contributed by atoms with E-state index in [1.165, 1.54) is 21.8 Å². The Bertz CT molecular complexity index is 1330. The van der Waals surface area contributed by atoms with E-state index in [2.05, 4.69) is 20.6 Å². The van der Waals surface area contributed by atoms with Crippen molar-refractivity contribution in [3.05, 3.63) is 36.7 Å². The molecule has 2 aromatic heterocycles. The topological polar surface area (TPSA) is 189 Å². The van der Waals surface area contributed by atoms with E-state index < -0.39 is 47.2 Å². The van der Waals surface area contributed by atoms with Crippen LogP contribution in [-0.2, 0) is 28.7 Å². The van der Waals surface area contributed by atoms with Crippen molar-refractivity contribution in [3.8, 4) is 22.5 Å². The van der Waals surface area contributed by atoms with Crippen molar-refractivity contribution in [1.29, 1.82) is 0 Å². The predicted molar refractivity (Wildman–Crippen MR) is 148 cm³/mol. The second-order valence-electron chi connectivity index (χ2n) is 11.7. The quantitative estimate of drug-likeness (QED) is 0.294. The lowest BCUT2D eigenvalue weighted by Gasteiger charge is -2.20. The van der Waals surface area contributed by atoms with Gasteiger partial charge in [0.05, 0.1) is 12.4 Å². The molecule has 0 aliphatic heterocycles. The molecule has 0 aliphatic carbocycles. The highest BCUT2D eigenvalue weighted by Crippen LogP contribution is 2.26. The first kappa shape index (κ1) is 31.9. The minimum Gasteiger partial charge on any atom is -0.480 e. The Hall–Kier alpha value is -4.62. The lowest BCUT2D eigenvalue weighted by atomic mass is 10.1. The van der Waals surface area contributed by atoms with Crippen molar-refractivity contribution in [1.82, 2.24) is 30.0 Å². The number of nitrogens with zero attached hydrogens (tertiary/aromatic N) is 6. The van der Waals surface area contributed by atoms with Gasteiger partial charge in [-0.3, -0.25) is 9.59 Å². The predicted octanol–water partition coefficient (Wildman–Crippen LogP) is 3.70. The van der Waals surface area contributed by atoms with E-state index in [1.54, 1.807) is 65.8 Å². The van der Waals surface area contributed by atoms with Crippen LogP contribution in [0.2, 0.25) is 0 Å². The molecule has 0 amide bonds. The zero-order valence-electron chi connectivity index (χ0n) is 24.5. The fourth-order valence-electron chi connectivity index (χ4n) is 3.99. The maximum atomic E-state index is 12.1. The van der Waals surface area contributed by atoms with Gasteiger partial charge in [0.25, 0.3) is 0 Å². The molecule has 14 heteroatoms. The summed E-state index contributed by atoms with van der Waals surface area (Å²) in [5, 5.41) is 35.6. The van der Waals surface area contributed by atoms with Gasteiger partial charge in [-0.25, -0.2) is 19.0 Å². The molecule has 0 bridgehead atoms. The van der Waals surface area contributed by atoms with Gasteiger partial charge < -0.3 is 19.7 Å². The van der Waals surface area contributed by atoms with Crippen molar-refractivity contribution in [2.45, 2.75) is 90.5 Å². The van der Waals surface area contributed by atoms with Gasteiger partial charge in [-0.1, -0.05) is 28.6 Å². The maximum Gasteiger partial charge on any atom is 0.328 e. The number of benzene rings is 1. The highest BCUT2D eigenvalue weighted by atomic mass is 16.6. The van der Waals surface area contributed by atoms with E-state index in [9.17, 15) is 29.4 Å². The van der Waals surface area contributed by atoms with Crippen molar-refractivity contribution in [3.63, 3.8) is 0 Å². The first-order valence-corrected chi connectivity index (χ1v) is 13.4. The van der Waals surface area contributed by atoms with Gasteiger partial charge in [0.1, 0.15) is 22.6 Å². The van der Waals surface area contributed by atoms with Gasteiger partial charge in [-0.15, -0.1) is 10.2 Å². The molecule has 3 aromatic rings. The van der Waals surface area contributed by atoms with E-state index >= 15 is 0 Å². The smallest absolute Gasteiger partial charge is 0.328 e. The Balaban J connectivity index is 1.75. The van der Waals surface area contributed by atoms with Gasteiger partial charge in [0, 0.05) is 24.0 Å². The van der Waals surface area contributed by atoms with Crippen LogP contribution in [0.5, 0.6) is 0 Å². The van der Waals surface area contributed by atoms with Crippen LogP contribution < -0.4 is 0 Å². The Morgan fingerprint density at radius 1 is 0.738 bits per heavy atom. The molecule has 2 N–H and O–H groups in total. The molecular formula is C28H36N6O8. The zero-order valence-corrected chi connectivity index (χ0v) is 24.5. The molecule has 0 saturated carbocycles. The average Bonchev–Trinajstić information content (AvgIpc) is 3.52. The highest BCUT2D eigenvalue weighted by molar-refractivity contribution is 5.76. The molecule has 0 radical (unpaired) electrons. The first-order valence-electron chi connectivity index (χ1n) is 13.4. The monoisotopic (exact) mass is 584 g/mol. The van der Waals surface area contributed by atoms with Crippen molar-refractivity contribution >= 4 is 23.9 Å². The second-order valence-corrected chi connectivity index (χ2v) is 11.7. The maximum absolute atomic E-state index is 12.1. The molecule has 3 rings (SSSR count). The van der Waals surface area contributed by atoms with Crippen LogP contribution >= 0.6 is 0 Å². The number of aromatic nitrogens is 6. The van der Waals surface area contributed by atoms with Crippen LogP contribution in [0.1, 0.15) is 79.3 Å². The summed E-state index contributed by atoms with van der Waals surface area (Å²) in [7, 11) is 0. The van der Waals surface area contributed by atoms with Gasteiger partial charge in [0.15, 0.2) is 12.1 Å². The first-order chi connectivity index (χ1) is 19.5. The zero-order chi connectivity index (χ0) is 31.2. The average molecular weight is 585 g/mol. The van der Waals surface area contributed by atoms with Crippen LogP contribution in [0, 0.1) is 0 Å². The molecule has 226 valence electrons. The molecule has 0 fully saturated rings. The van der Waals surface area contributed by atoms with E-state index in [0.717, 1.165) is 0 Å².